The Morgan fingerprint density at radius 3 is 1.40 bits per heavy atom. The molecule has 3 aromatic rings. The minimum absolute atomic E-state index is 0.0260. The van der Waals surface area contributed by atoms with Crippen molar-refractivity contribution < 1.29 is 0 Å². The predicted octanol–water partition coefficient (Wildman–Crippen LogP) is 13.4. The van der Waals surface area contributed by atoms with Crippen LogP contribution in [0.4, 0.5) is 5.69 Å². The van der Waals surface area contributed by atoms with Gasteiger partial charge >= 0.3 is 0 Å². The molecule has 0 saturated carbocycles. The first-order valence-electron chi connectivity index (χ1n) is 16.9. The van der Waals surface area contributed by atoms with E-state index in [9.17, 15) is 0 Å². The van der Waals surface area contributed by atoms with Gasteiger partial charge in [-0.1, -0.05) is 138 Å². The Hall–Kier alpha value is -2.16. The van der Waals surface area contributed by atoms with Crippen molar-refractivity contribution in [3.05, 3.63) is 86.4 Å². The first-order valence-corrected chi connectivity index (χ1v) is 18.3. The summed E-state index contributed by atoms with van der Waals surface area (Å²) in [5.41, 5.74) is 13.4. The lowest BCUT2D eigenvalue weighted by molar-refractivity contribution is 0.556. The fourth-order valence-electron chi connectivity index (χ4n) is 6.65. The third-order valence-corrected chi connectivity index (χ3v) is 11.3. The first kappa shape index (κ1) is 34.2. The van der Waals surface area contributed by atoms with Crippen LogP contribution in [0.5, 0.6) is 0 Å². The van der Waals surface area contributed by atoms with E-state index in [4.69, 9.17) is 11.6 Å². The second-order valence-electron chi connectivity index (χ2n) is 17.8. The van der Waals surface area contributed by atoms with Crippen molar-refractivity contribution in [1.82, 2.24) is 0 Å². The van der Waals surface area contributed by atoms with Crippen LogP contribution in [0.1, 0.15) is 132 Å². The van der Waals surface area contributed by atoms with Gasteiger partial charge in [-0.25, -0.2) is 0 Å². The molecule has 2 aliphatic rings. The molecule has 3 aromatic carbocycles. The van der Waals surface area contributed by atoms with Crippen LogP contribution >= 0.6 is 23.4 Å². The average Bonchev–Trinajstić information content (AvgIpc) is 3.35. The molecular weight excluding hydrogens is 586 g/mol. The molecule has 45 heavy (non-hydrogen) atoms. The second kappa shape index (κ2) is 11.8. The molecule has 1 aliphatic carbocycles. The highest BCUT2D eigenvalue weighted by Gasteiger charge is 2.34. The number of anilines is 1. The number of halogens is 1. The van der Waals surface area contributed by atoms with E-state index >= 15 is 0 Å². The summed E-state index contributed by atoms with van der Waals surface area (Å²) in [4.78, 5) is 4.25. The summed E-state index contributed by atoms with van der Waals surface area (Å²) in [5, 5.41) is 0.791. The van der Waals surface area contributed by atoms with E-state index in [1.807, 2.05) is 0 Å². The van der Waals surface area contributed by atoms with Crippen molar-refractivity contribution in [1.29, 1.82) is 0 Å². The predicted molar refractivity (Wildman–Crippen MR) is 202 cm³/mol. The van der Waals surface area contributed by atoms with Gasteiger partial charge in [0.15, 0.2) is 0 Å². The maximum atomic E-state index is 7.17. The fraction of sp³-hybridized carbons (Fsp3) is 0.524. The molecule has 0 radical (unpaired) electrons. The fourth-order valence-corrected chi connectivity index (χ4v) is 8.20. The molecule has 0 bridgehead atoms. The zero-order valence-corrected chi connectivity index (χ0v) is 31.8. The van der Waals surface area contributed by atoms with Crippen LogP contribution in [0, 0.1) is 5.92 Å². The highest BCUT2D eigenvalue weighted by atomic mass is 35.5. The number of allylic oxidation sites excluding steroid dienone is 2. The molecule has 1 nitrogen and oxygen atoms in total. The first-order chi connectivity index (χ1) is 20.6. The van der Waals surface area contributed by atoms with Crippen LogP contribution in [-0.2, 0) is 21.7 Å². The van der Waals surface area contributed by atoms with E-state index in [0.29, 0.717) is 5.92 Å². The highest BCUT2D eigenvalue weighted by molar-refractivity contribution is 8.03. The second-order valence-corrected chi connectivity index (χ2v) is 19.2. The zero-order valence-electron chi connectivity index (χ0n) is 30.3. The molecule has 1 aliphatic heterocycles. The lowest BCUT2D eigenvalue weighted by Gasteiger charge is -2.32. The Morgan fingerprint density at radius 1 is 0.622 bits per heavy atom. The van der Waals surface area contributed by atoms with Gasteiger partial charge < -0.3 is 4.90 Å². The maximum Gasteiger partial charge on any atom is 0.0729 e. The summed E-state index contributed by atoms with van der Waals surface area (Å²) < 4.78 is 0. The zero-order chi connectivity index (χ0) is 33.3. The van der Waals surface area contributed by atoms with Crippen LogP contribution < -0.4 is 4.90 Å². The summed E-state index contributed by atoms with van der Waals surface area (Å²) in [6.45, 7) is 30.3. The number of benzene rings is 3. The lowest BCUT2D eigenvalue weighted by Crippen LogP contribution is -2.22. The van der Waals surface area contributed by atoms with E-state index in [-0.39, 0.29) is 21.7 Å². The quantitative estimate of drug-likeness (QED) is 0.280. The molecule has 0 saturated heterocycles. The van der Waals surface area contributed by atoms with Gasteiger partial charge in [0, 0.05) is 26.8 Å². The molecule has 5 rings (SSSR count). The molecule has 0 spiro atoms. The topological polar surface area (TPSA) is 3.24 Å². The van der Waals surface area contributed by atoms with Crippen molar-refractivity contribution in [2.45, 2.75) is 131 Å². The van der Waals surface area contributed by atoms with Crippen molar-refractivity contribution >= 4 is 29.1 Å². The highest BCUT2D eigenvalue weighted by Crippen LogP contribution is 2.52. The molecule has 0 amide bonds. The van der Waals surface area contributed by atoms with Crippen LogP contribution in [0.15, 0.2) is 59.1 Å². The molecule has 1 unspecified atom stereocenters. The number of nitrogens with zero attached hydrogens (tertiary/aromatic N) is 1. The molecular formula is C42H56ClNS. The van der Waals surface area contributed by atoms with E-state index in [2.05, 4.69) is 155 Å². The van der Waals surface area contributed by atoms with Gasteiger partial charge in [-0.05, 0) is 92.4 Å². The van der Waals surface area contributed by atoms with Gasteiger partial charge in [0.05, 0.1) is 11.6 Å². The molecule has 3 heteroatoms. The Bertz CT molecular complexity index is 1470. The molecule has 0 N–H and O–H groups in total. The van der Waals surface area contributed by atoms with Crippen LogP contribution in [0.2, 0.25) is 5.02 Å². The average molecular weight is 642 g/mol. The van der Waals surface area contributed by atoms with Crippen LogP contribution in [0.25, 0.3) is 22.3 Å². The Kier molecular flexibility index (Phi) is 8.98. The lowest BCUT2D eigenvalue weighted by atomic mass is 9.77. The van der Waals surface area contributed by atoms with Gasteiger partial charge in [-0.2, -0.15) is 0 Å². The maximum absolute atomic E-state index is 7.17. The normalized spacial score (nSPS) is 18.1. The van der Waals surface area contributed by atoms with Gasteiger partial charge in [0.1, 0.15) is 0 Å². The van der Waals surface area contributed by atoms with E-state index in [1.165, 1.54) is 68.7 Å². The van der Waals surface area contributed by atoms with E-state index < -0.39 is 0 Å². The summed E-state index contributed by atoms with van der Waals surface area (Å²) in [6.07, 6.45) is 3.67. The van der Waals surface area contributed by atoms with Crippen molar-refractivity contribution in [2.75, 3.05) is 10.8 Å². The van der Waals surface area contributed by atoms with Crippen LogP contribution in [-0.4, -0.2) is 5.88 Å². The summed E-state index contributed by atoms with van der Waals surface area (Å²) >= 11 is 9.22. The Balaban J connectivity index is 1.89. The monoisotopic (exact) mass is 641 g/mol. The SMILES string of the molecule is CC1CCCC2=C1SCN2c1c(-c2cc(C(C)(C)C)cc(C(C)(C)C)c2)cc(Cl)cc1-c1cc(C(C)(C)C)cc(C(C)(C)C)c1. The van der Waals surface area contributed by atoms with Crippen molar-refractivity contribution in [3.63, 3.8) is 0 Å². The third-order valence-electron chi connectivity index (χ3n) is 9.75. The number of rotatable bonds is 3. The van der Waals surface area contributed by atoms with Gasteiger partial charge in [0.2, 0.25) is 0 Å². The Morgan fingerprint density at radius 2 is 1.02 bits per heavy atom. The van der Waals surface area contributed by atoms with Crippen molar-refractivity contribution in [3.8, 4) is 22.3 Å². The summed E-state index contributed by atoms with van der Waals surface area (Å²) in [6, 6.07) is 19.1. The van der Waals surface area contributed by atoms with Crippen molar-refractivity contribution in [2.24, 2.45) is 5.92 Å². The Labute approximate surface area is 284 Å². The molecule has 1 heterocycles. The third kappa shape index (κ3) is 7.08. The molecule has 0 fully saturated rings. The molecule has 0 aromatic heterocycles. The minimum atomic E-state index is 0.0260. The molecule has 1 atom stereocenters. The summed E-state index contributed by atoms with van der Waals surface area (Å²) in [5.74, 6) is 1.57. The van der Waals surface area contributed by atoms with Gasteiger partial charge in [-0.3, -0.25) is 0 Å². The number of hydrogen-bond donors (Lipinski definition) is 0. The van der Waals surface area contributed by atoms with Gasteiger partial charge in [-0.15, -0.1) is 11.8 Å². The minimum Gasteiger partial charge on any atom is -0.333 e. The van der Waals surface area contributed by atoms with Crippen LogP contribution in [0.3, 0.4) is 0 Å². The number of thioether (sulfide) groups is 1. The summed E-state index contributed by atoms with van der Waals surface area (Å²) in [7, 11) is 0. The molecule has 242 valence electrons. The van der Waals surface area contributed by atoms with Gasteiger partial charge in [0.25, 0.3) is 0 Å². The number of hydrogen-bond acceptors (Lipinski definition) is 2. The van der Waals surface area contributed by atoms with E-state index in [0.717, 1.165) is 17.3 Å². The smallest absolute Gasteiger partial charge is 0.0729 e. The standard InChI is InChI=1S/C42H56ClNS/c1-26-15-14-16-36-38(26)45-25-44(36)37-34(27-17-29(39(2,3)4)21-30(18-27)40(5,6)7)23-33(43)24-35(37)28-19-31(41(8,9)10)22-32(20-28)42(11,12)13/h17-24,26H,14-16,25H2,1-13H3. The van der Waals surface area contributed by atoms with E-state index in [1.54, 1.807) is 4.91 Å². The largest absolute Gasteiger partial charge is 0.333 e.